The predicted octanol–water partition coefficient (Wildman–Crippen LogP) is 4.52. The molecule has 0 saturated carbocycles. The van der Waals surface area contributed by atoms with Crippen molar-refractivity contribution in [2.45, 2.75) is 26.8 Å². The van der Waals surface area contributed by atoms with Crippen molar-refractivity contribution >= 4 is 28.8 Å². The third kappa shape index (κ3) is 3.50. The van der Waals surface area contributed by atoms with Crippen molar-refractivity contribution in [1.29, 1.82) is 0 Å². The zero-order valence-corrected chi connectivity index (χ0v) is 17.1. The minimum Gasteiger partial charge on any atom is -0.374 e. The first-order chi connectivity index (χ1) is 14.3. The van der Waals surface area contributed by atoms with Gasteiger partial charge < -0.3 is 10.6 Å². The standard InChI is InChI=1S/C25H22N2O3/c1-14-8-9-17(12-15(14)2)26-16(3)25(30)27-18-10-11-21-22(13-18)24(29)20-7-5-4-6-19(20)23(21)28/h4-13,16,26H,1-3H3,(H,27,30)/t16-/m0/s1. The number of fused-ring (bicyclic) bond motifs is 2. The molecule has 5 nitrogen and oxygen atoms in total. The highest BCUT2D eigenvalue weighted by Crippen LogP contribution is 2.29. The molecule has 0 radical (unpaired) electrons. The van der Waals surface area contributed by atoms with E-state index < -0.39 is 6.04 Å². The molecule has 1 aliphatic carbocycles. The van der Waals surface area contributed by atoms with Crippen molar-refractivity contribution in [2.75, 3.05) is 10.6 Å². The van der Waals surface area contributed by atoms with E-state index in [2.05, 4.69) is 10.6 Å². The van der Waals surface area contributed by atoms with Crippen molar-refractivity contribution in [1.82, 2.24) is 0 Å². The predicted molar refractivity (Wildman–Crippen MR) is 117 cm³/mol. The van der Waals surface area contributed by atoms with E-state index in [1.54, 1.807) is 49.4 Å². The molecular weight excluding hydrogens is 376 g/mol. The fourth-order valence-electron chi connectivity index (χ4n) is 3.57. The van der Waals surface area contributed by atoms with Crippen LogP contribution in [0.3, 0.4) is 0 Å². The van der Waals surface area contributed by atoms with Crippen LogP contribution in [0, 0.1) is 13.8 Å². The summed E-state index contributed by atoms with van der Waals surface area (Å²) in [5.74, 6) is -0.622. The molecule has 150 valence electrons. The molecule has 0 unspecified atom stereocenters. The summed E-state index contributed by atoms with van der Waals surface area (Å²) in [7, 11) is 0. The van der Waals surface area contributed by atoms with Crippen LogP contribution in [0.2, 0.25) is 0 Å². The van der Waals surface area contributed by atoms with Crippen LogP contribution >= 0.6 is 0 Å². The molecule has 0 aromatic heterocycles. The van der Waals surface area contributed by atoms with Gasteiger partial charge in [0.2, 0.25) is 5.91 Å². The van der Waals surface area contributed by atoms with E-state index in [0.29, 0.717) is 27.9 Å². The van der Waals surface area contributed by atoms with Crippen molar-refractivity contribution < 1.29 is 14.4 Å². The van der Waals surface area contributed by atoms with Gasteiger partial charge in [0.25, 0.3) is 0 Å². The Morgan fingerprint density at radius 2 is 1.33 bits per heavy atom. The number of ketones is 2. The number of aryl methyl sites for hydroxylation is 2. The van der Waals surface area contributed by atoms with E-state index in [1.165, 1.54) is 5.56 Å². The zero-order valence-electron chi connectivity index (χ0n) is 17.1. The zero-order chi connectivity index (χ0) is 21.4. The Morgan fingerprint density at radius 3 is 2.00 bits per heavy atom. The number of nitrogens with one attached hydrogen (secondary N) is 2. The molecule has 0 fully saturated rings. The lowest BCUT2D eigenvalue weighted by Crippen LogP contribution is -2.32. The second-order valence-corrected chi connectivity index (χ2v) is 7.62. The number of hydrogen-bond donors (Lipinski definition) is 2. The van der Waals surface area contributed by atoms with Gasteiger partial charge in [-0.2, -0.15) is 0 Å². The summed E-state index contributed by atoms with van der Waals surface area (Å²) in [6, 6.07) is 17.1. The number of benzene rings is 3. The maximum atomic E-state index is 12.8. The van der Waals surface area contributed by atoms with Gasteiger partial charge in [0.1, 0.15) is 6.04 Å². The summed E-state index contributed by atoms with van der Waals surface area (Å²) in [5, 5.41) is 6.02. The van der Waals surface area contributed by atoms with Crippen LogP contribution in [0.25, 0.3) is 0 Å². The van der Waals surface area contributed by atoms with E-state index in [1.807, 2.05) is 32.0 Å². The number of carbonyl (C=O) groups excluding carboxylic acids is 3. The lowest BCUT2D eigenvalue weighted by Gasteiger charge is -2.19. The fourth-order valence-corrected chi connectivity index (χ4v) is 3.57. The van der Waals surface area contributed by atoms with Crippen molar-refractivity contribution in [3.05, 3.63) is 94.0 Å². The Morgan fingerprint density at radius 1 is 0.733 bits per heavy atom. The third-order valence-corrected chi connectivity index (χ3v) is 5.48. The Labute approximate surface area is 175 Å². The SMILES string of the molecule is Cc1ccc(N[C@@H](C)C(=O)Nc2ccc3c(c2)C(=O)c2ccccc2C3=O)cc1C. The fraction of sp³-hybridized carbons (Fsp3) is 0.160. The lowest BCUT2D eigenvalue weighted by atomic mass is 9.84. The van der Waals surface area contributed by atoms with Gasteiger partial charge in [-0.3, -0.25) is 14.4 Å². The molecule has 3 aromatic carbocycles. The molecule has 0 aliphatic heterocycles. The summed E-state index contributed by atoms with van der Waals surface area (Å²) in [6.45, 7) is 5.83. The Bertz CT molecular complexity index is 1200. The van der Waals surface area contributed by atoms with Crippen LogP contribution in [0.4, 0.5) is 11.4 Å². The van der Waals surface area contributed by atoms with Crippen molar-refractivity contribution in [2.24, 2.45) is 0 Å². The molecule has 1 aliphatic rings. The second-order valence-electron chi connectivity index (χ2n) is 7.62. The van der Waals surface area contributed by atoms with Gasteiger partial charge in [-0.1, -0.05) is 30.3 Å². The first-order valence-corrected chi connectivity index (χ1v) is 9.82. The first kappa shape index (κ1) is 19.6. The lowest BCUT2D eigenvalue weighted by molar-refractivity contribution is -0.116. The summed E-state index contributed by atoms with van der Waals surface area (Å²) < 4.78 is 0. The van der Waals surface area contributed by atoms with E-state index in [-0.39, 0.29) is 17.5 Å². The molecule has 0 saturated heterocycles. The second kappa shape index (κ2) is 7.59. The Balaban J connectivity index is 1.53. The van der Waals surface area contributed by atoms with Crippen LogP contribution in [-0.4, -0.2) is 23.5 Å². The number of amides is 1. The van der Waals surface area contributed by atoms with Gasteiger partial charge in [-0.15, -0.1) is 0 Å². The number of carbonyl (C=O) groups is 3. The molecule has 0 heterocycles. The van der Waals surface area contributed by atoms with Gasteiger partial charge >= 0.3 is 0 Å². The Hall–Kier alpha value is -3.73. The first-order valence-electron chi connectivity index (χ1n) is 9.82. The van der Waals surface area contributed by atoms with E-state index in [9.17, 15) is 14.4 Å². The highest BCUT2D eigenvalue weighted by molar-refractivity contribution is 6.28. The monoisotopic (exact) mass is 398 g/mol. The number of anilines is 2. The van der Waals surface area contributed by atoms with Crippen LogP contribution < -0.4 is 10.6 Å². The van der Waals surface area contributed by atoms with Gasteiger partial charge in [-0.05, 0) is 62.2 Å². The average Bonchev–Trinajstić information content (AvgIpc) is 2.74. The minimum atomic E-state index is -0.485. The minimum absolute atomic E-state index is 0.178. The summed E-state index contributed by atoms with van der Waals surface area (Å²) in [5.41, 5.74) is 5.15. The highest BCUT2D eigenvalue weighted by atomic mass is 16.2. The van der Waals surface area contributed by atoms with E-state index >= 15 is 0 Å². The van der Waals surface area contributed by atoms with Gasteiger partial charge in [0.05, 0.1) is 0 Å². The molecular formula is C25H22N2O3. The number of hydrogen-bond acceptors (Lipinski definition) is 4. The highest BCUT2D eigenvalue weighted by Gasteiger charge is 2.29. The Kier molecular flexibility index (Phi) is 4.96. The number of rotatable bonds is 4. The van der Waals surface area contributed by atoms with Crippen LogP contribution in [0.15, 0.2) is 60.7 Å². The maximum absolute atomic E-state index is 12.8. The third-order valence-electron chi connectivity index (χ3n) is 5.48. The molecule has 2 N–H and O–H groups in total. The summed E-state index contributed by atoms with van der Waals surface area (Å²) >= 11 is 0. The quantitative estimate of drug-likeness (QED) is 0.530. The molecule has 3 aromatic rings. The van der Waals surface area contributed by atoms with Crippen LogP contribution in [0.1, 0.15) is 49.9 Å². The molecule has 0 bridgehead atoms. The normalized spacial score (nSPS) is 13.3. The van der Waals surface area contributed by atoms with Crippen LogP contribution in [0.5, 0.6) is 0 Å². The maximum Gasteiger partial charge on any atom is 0.246 e. The molecule has 1 atom stereocenters. The molecule has 0 spiro atoms. The largest absolute Gasteiger partial charge is 0.374 e. The summed E-state index contributed by atoms with van der Waals surface area (Å²) in [4.78, 5) is 38.2. The van der Waals surface area contributed by atoms with E-state index in [4.69, 9.17) is 0 Å². The molecule has 5 heteroatoms. The van der Waals surface area contributed by atoms with Crippen LogP contribution in [-0.2, 0) is 4.79 Å². The topological polar surface area (TPSA) is 75.3 Å². The molecule has 1 amide bonds. The van der Waals surface area contributed by atoms with E-state index in [0.717, 1.165) is 11.3 Å². The smallest absolute Gasteiger partial charge is 0.246 e. The van der Waals surface area contributed by atoms with Crippen molar-refractivity contribution in [3.8, 4) is 0 Å². The summed E-state index contributed by atoms with van der Waals surface area (Å²) in [6.07, 6.45) is 0. The molecule has 4 rings (SSSR count). The van der Waals surface area contributed by atoms with Gasteiger partial charge in [-0.25, -0.2) is 0 Å². The van der Waals surface area contributed by atoms with Gasteiger partial charge in [0.15, 0.2) is 11.6 Å². The molecule has 30 heavy (non-hydrogen) atoms. The average molecular weight is 398 g/mol. The van der Waals surface area contributed by atoms with Gasteiger partial charge in [0, 0.05) is 33.6 Å². The van der Waals surface area contributed by atoms with Crippen molar-refractivity contribution in [3.63, 3.8) is 0 Å².